The molecule has 3 aromatic carbocycles. The fourth-order valence-corrected chi connectivity index (χ4v) is 4.61. The van der Waals surface area contributed by atoms with Crippen LogP contribution in [0.15, 0.2) is 66.7 Å². The van der Waals surface area contributed by atoms with Crippen molar-refractivity contribution in [1.29, 1.82) is 0 Å². The largest absolute Gasteiger partial charge is 0.493 e. The summed E-state index contributed by atoms with van der Waals surface area (Å²) in [4.78, 5) is 17.7. The maximum Gasteiger partial charge on any atom is 0.224 e. The third-order valence-corrected chi connectivity index (χ3v) is 6.57. The van der Waals surface area contributed by atoms with Gasteiger partial charge in [-0.1, -0.05) is 42.5 Å². The van der Waals surface area contributed by atoms with Gasteiger partial charge in [-0.2, -0.15) is 0 Å². The minimum absolute atomic E-state index is 0.0597. The van der Waals surface area contributed by atoms with Crippen molar-refractivity contribution in [3.05, 3.63) is 83.4 Å². The number of benzene rings is 3. The van der Waals surface area contributed by atoms with Crippen LogP contribution in [0.2, 0.25) is 0 Å². The number of carbonyl (C=O) groups is 1. The van der Waals surface area contributed by atoms with Crippen molar-refractivity contribution < 1.29 is 19.0 Å². The summed E-state index contributed by atoms with van der Waals surface area (Å²) in [5, 5.41) is 3.08. The summed E-state index contributed by atoms with van der Waals surface area (Å²) < 4.78 is 16.2. The van der Waals surface area contributed by atoms with Crippen LogP contribution < -0.4 is 24.4 Å². The number of hydrogen-bond acceptors (Lipinski definition) is 6. The summed E-state index contributed by atoms with van der Waals surface area (Å²) in [5.41, 5.74) is 4.47. The third-order valence-electron chi connectivity index (χ3n) is 6.57. The van der Waals surface area contributed by atoms with E-state index in [0.29, 0.717) is 23.8 Å². The molecule has 4 rings (SSSR count). The number of hydrogen-bond donors (Lipinski definition) is 1. The summed E-state index contributed by atoms with van der Waals surface area (Å²) >= 11 is 0. The molecule has 1 amide bonds. The van der Waals surface area contributed by atoms with E-state index in [4.69, 9.17) is 14.2 Å². The van der Waals surface area contributed by atoms with Gasteiger partial charge in [0.15, 0.2) is 11.5 Å². The highest BCUT2D eigenvalue weighted by Crippen LogP contribution is 2.38. The van der Waals surface area contributed by atoms with Gasteiger partial charge in [-0.15, -0.1) is 0 Å². The lowest BCUT2D eigenvalue weighted by Gasteiger charge is -2.36. The van der Waals surface area contributed by atoms with Crippen molar-refractivity contribution >= 4 is 11.6 Å². The zero-order valence-corrected chi connectivity index (χ0v) is 21.3. The van der Waals surface area contributed by atoms with Gasteiger partial charge in [-0.3, -0.25) is 9.69 Å². The van der Waals surface area contributed by atoms with E-state index in [1.165, 1.54) is 11.3 Å². The quantitative estimate of drug-likeness (QED) is 0.466. The van der Waals surface area contributed by atoms with Crippen LogP contribution >= 0.6 is 0 Å². The van der Waals surface area contributed by atoms with Crippen LogP contribution in [0.1, 0.15) is 16.7 Å². The molecule has 0 unspecified atom stereocenters. The summed E-state index contributed by atoms with van der Waals surface area (Å²) in [6, 6.07) is 22.5. The Morgan fingerprint density at radius 2 is 1.42 bits per heavy atom. The number of carbonyl (C=O) groups excluding carboxylic acids is 1. The average molecular weight is 490 g/mol. The minimum Gasteiger partial charge on any atom is -0.493 e. The smallest absolute Gasteiger partial charge is 0.224 e. The third kappa shape index (κ3) is 6.29. The van der Waals surface area contributed by atoms with Crippen molar-refractivity contribution in [2.75, 3.05) is 52.4 Å². The Morgan fingerprint density at radius 1 is 0.806 bits per heavy atom. The second kappa shape index (κ2) is 12.3. The number of anilines is 1. The monoisotopic (exact) mass is 489 g/mol. The topological polar surface area (TPSA) is 63.3 Å². The van der Waals surface area contributed by atoms with E-state index in [2.05, 4.69) is 63.6 Å². The first-order valence-corrected chi connectivity index (χ1v) is 12.3. The van der Waals surface area contributed by atoms with E-state index >= 15 is 0 Å². The summed E-state index contributed by atoms with van der Waals surface area (Å²) in [7, 11) is 4.70. The van der Waals surface area contributed by atoms with Gasteiger partial charge < -0.3 is 24.4 Å². The van der Waals surface area contributed by atoms with E-state index in [9.17, 15) is 4.79 Å². The molecule has 0 aliphatic carbocycles. The molecule has 1 saturated heterocycles. The molecule has 0 spiro atoms. The van der Waals surface area contributed by atoms with Gasteiger partial charge in [0.2, 0.25) is 11.7 Å². The minimum atomic E-state index is -0.0597. The second-order valence-electron chi connectivity index (χ2n) is 8.85. The van der Waals surface area contributed by atoms with Gasteiger partial charge in [0.25, 0.3) is 0 Å². The molecule has 1 N–H and O–H groups in total. The molecule has 3 aromatic rings. The Labute approximate surface area is 213 Å². The highest BCUT2D eigenvalue weighted by molar-refractivity contribution is 5.79. The lowest BCUT2D eigenvalue weighted by Crippen LogP contribution is -2.46. The standard InChI is InChI=1S/C29H35N3O4/c1-34-26-17-22(18-27(35-2)29(26)36-3)19-28(33)30-20-23-9-7-8-10-24(23)21-31-13-15-32(16-14-31)25-11-5-4-6-12-25/h4-12,17-18H,13-16,19-21H2,1-3H3,(H,30,33). The molecule has 190 valence electrons. The first kappa shape index (κ1) is 25.4. The molecule has 1 fully saturated rings. The number of nitrogens with one attached hydrogen (secondary N) is 1. The molecular formula is C29H35N3O4. The van der Waals surface area contributed by atoms with Crippen LogP contribution in [0.25, 0.3) is 0 Å². The Balaban J connectivity index is 1.33. The molecule has 0 atom stereocenters. The lowest BCUT2D eigenvalue weighted by atomic mass is 10.1. The second-order valence-corrected chi connectivity index (χ2v) is 8.85. The fourth-order valence-electron chi connectivity index (χ4n) is 4.61. The molecule has 1 aliphatic rings. The van der Waals surface area contributed by atoms with Gasteiger partial charge >= 0.3 is 0 Å². The highest BCUT2D eigenvalue weighted by atomic mass is 16.5. The average Bonchev–Trinajstić information content (AvgIpc) is 2.93. The number of nitrogens with zero attached hydrogens (tertiary/aromatic N) is 2. The molecule has 36 heavy (non-hydrogen) atoms. The number of para-hydroxylation sites is 1. The SMILES string of the molecule is COc1cc(CC(=O)NCc2ccccc2CN2CCN(c3ccccc3)CC2)cc(OC)c1OC. The van der Waals surface area contributed by atoms with Gasteiger partial charge in [0.1, 0.15) is 0 Å². The first-order chi connectivity index (χ1) is 17.6. The van der Waals surface area contributed by atoms with E-state index in [0.717, 1.165) is 43.9 Å². The number of rotatable bonds is 10. The summed E-state index contributed by atoms with van der Waals surface area (Å²) in [6.07, 6.45) is 0.223. The Morgan fingerprint density at radius 3 is 2.03 bits per heavy atom. The predicted octanol–water partition coefficient (Wildman–Crippen LogP) is 3.89. The van der Waals surface area contributed by atoms with E-state index in [1.54, 1.807) is 21.3 Å². The van der Waals surface area contributed by atoms with E-state index in [-0.39, 0.29) is 12.3 Å². The molecule has 7 heteroatoms. The Kier molecular flexibility index (Phi) is 8.68. The zero-order chi connectivity index (χ0) is 25.3. The maximum absolute atomic E-state index is 12.8. The van der Waals surface area contributed by atoms with Gasteiger partial charge in [-0.25, -0.2) is 0 Å². The first-order valence-electron chi connectivity index (χ1n) is 12.3. The zero-order valence-electron chi connectivity index (χ0n) is 21.3. The van der Waals surface area contributed by atoms with Gasteiger partial charge in [0.05, 0.1) is 27.8 Å². The van der Waals surface area contributed by atoms with Crippen molar-refractivity contribution in [2.24, 2.45) is 0 Å². The number of methoxy groups -OCH3 is 3. The summed E-state index contributed by atoms with van der Waals surface area (Å²) in [5.74, 6) is 1.54. The molecular weight excluding hydrogens is 454 g/mol. The number of piperazine rings is 1. The number of ether oxygens (including phenoxy) is 3. The van der Waals surface area contributed by atoms with Crippen LogP contribution in [0.4, 0.5) is 5.69 Å². The normalized spacial score (nSPS) is 13.8. The van der Waals surface area contributed by atoms with Crippen LogP contribution in [0, 0.1) is 0 Å². The van der Waals surface area contributed by atoms with Crippen LogP contribution in [-0.4, -0.2) is 58.3 Å². The molecule has 1 aliphatic heterocycles. The molecule has 0 saturated carbocycles. The van der Waals surface area contributed by atoms with Crippen LogP contribution in [-0.2, 0) is 24.3 Å². The van der Waals surface area contributed by atoms with Crippen molar-refractivity contribution in [3.63, 3.8) is 0 Å². The molecule has 0 bridgehead atoms. The predicted molar refractivity (Wildman–Crippen MR) is 142 cm³/mol. The van der Waals surface area contributed by atoms with Crippen LogP contribution in [0.3, 0.4) is 0 Å². The molecule has 0 radical (unpaired) electrons. The Hall–Kier alpha value is -3.71. The maximum atomic E-state index is 12.8. The van der Waals surface area contributed by atoms with Gasteiger partial charge in [0, 0.05) is 45.0 Å². The van der Waals surface area contributed by atoms with Gasteiger partial charge in [-0.05, 0) is 41.0 Å². The fraction of sp³-hybridized carbons (Fsp3) is 0.345. The Bertz CT molecular complexity index is 1120. The molecule has 7 nitrogen and oxygen atoms in total. The molecule has 1 heterocycles. The van der Waals surface area contributed by atoms with Crippen molar-refractivity contribution in [3.8, 4) is 17.2 Å². The summed E-state index contributed by atoms with van der Waals surface area (Å²) in [6.45, 7) is 5.41. The number of amides is 1. The van der Waals surface area contributed by atoms with Crippen molar-refractivity contribution in [1.82, 2.24) is 10.2 Å². The lowest BCUT2D eigenvalue weighted by molar-refractivity contribution is -0.120. The van der Waals surface area contributed by atoms with E-state index < -0.39 is 0 Å². The van der Waals surface area contributed by atoms with E-state index in [1.807, 2.05) is 18.2 Å². The molecule has 0 aromatic heterocycles. The van der Waals surface area contributed by atoms with Crippen molar-refractivity contribution in [2.45, 2.75) is 19.5 Å². The highest BCUT2D eigenvalue weighted by Gasteiger charge is 2.19. The van der Waals surface area contributed by atoms with Crippen LogP contribution in [0.5, 0.6) is 17.2 Å².